The molecule has 0 saturated carbocycles. The van der Waals surface area contributed by atoms with Crippen molar-refractivity contribution in [2.75, 3.05) is 13.2 Å². The van der Waals surface area contributed by atoms with Gasteiger partial charge in [0.05, 0.1) is 31.5 Å². The first-order valence-corrected chi connectivity index (χ1v) is 8.73. The summed E-state index contributed by atoms with van der Waals surface area (Å²) in [4.78, 5) is 0. The second-order valence-corrected chi connectivity index (χ2v) is 6.70. The SMILES string of the molecule is C[C@@H](CCOCc1ccccc1)CCC1C[C@@H](O)C[C@@H](CO)O1. The van der Waals surface area contributed by atoms with Crippen LogP contribution in [0.3, 0.4) is 0 Å². The number of hydrogen-bond donors (Lipinski definition) is 2. The van der Waals surface area contributed by atoms with Gasteiger partial charge in [0.25, 0.3) is 0 Å². The van der Waals surface area contributed by atoms with Crippen molar-refractivity contribution in [2.45, 2.75) is 63.9 Å². The summed E-state index contributed by atoms with van der Waals surface area (Å²) in [5.41, 5.74) is 1.21. The molecule has 1 fully saturated rings. The predicted molar refractivity (Wildman–Crippen MR) is 90.1 cm³/mol. The monoisotopic (exact) mass is 322 g/mol. The maximum Gasteiger partial charge on any atom is 0.0834 e. The third-order valence-corrected chi connectivity index (χ3v) is 4.51. The maximum atomic E-state index is 9.82. The lowest BCUT2D eigenvalue weighted by Gasteiger charge is -2.32. The molecule has 0 aromatic heterocycles. The van der Waals surface area contributed by atoms with Gasteiger partial charge in [-0.1, -0.05) is 37.3 Å². The van der Waals surface area contributed by atoms with E-state index >= 15 is 0 Å². The molecule has 0 amide bonds. The van der Waals surface area contributed by atoms with Crippen LogP contribution in [0.2, 0.25) is 0 Å². The van der Waals surface area contributed by atoms with E-state index in [9.17, 15) is 10.2 Å². The molecule has 4 nitrogen and oxygen atoms in total. The van der Waals surface area contributed by atoms with Crippen molar-refractivity contribution in [1.82, 2.24) is 0 Å². The van der Waals surface area contributed by atoms with E-state index in [1.165, 1.54) is 5.56 Å². The zero-order valence-corrected chi connectivity index (χ0v) is 14.1. The highest BCUT2D eigenvalue weighted by Crippen LogP contribution is 2.24. The minimum atomic E-state index is -0.338. The average Bonchev–Trinajstić information content (AvgIpc) is 2.57. The number of rotatable bonds is 9. The summed E-state index contributed by atoms with van der Waals surface area (Å²) in [7, 11) is 0. The highest BCUT2D eigenvalue weighted by Gasteiger charge is 2.27. The first kappa shape index (κ1) is 18.4. The van der Waals surface area contributed by atoms with Crippen LogP contribution < -0.4 is 0 Å². The van der Waals surface area contributed by atoms with E-state index in [-0.39, 0.29) is 24.9 Å². The Bertz CT molecular complexity index is 423. The van der Waals surface area contributed by atoms with Gasteiger partial charge in [-0.05, 0) is 37.2 Å². The molecule has 1 unspecified atom stereocenters. The minimum Gasteiger partial charge on any atom is -0.394 e. The van der Waals surface area contributed by atoms with Gasteiger partial charge in [0.2, 0.25) is 0 Å². The molecule has 0 radical (unpaired) electrons. The second kappa shape index (κ2) is 10.0. The van der Waals surface area contributed by atoms with Crippen molar-refractivity contribution >= 4 is 0 Å². The van der Waals surface area contributed by atoms with Crippen LogP contribution in [-0.4, -0.2) is 41.7 Å². The molecule has 1 heterocycles. The molecule has 130 valence electrons. The Morgan fingerprint density at radius 3 is 2.65 bits per heavy atom. The van der Waals surface area contributed by atoms with Gasteiger partial charge in [-0.15, -0.1) is 0 Å². The number of aliphatic hydroxyl groups is 2. The van der Waals surface area contributed by atoms with Crippen LogP contribution in [-0.2, 0) is 16.1 Å². The molecular formula is C19H30O4. The maximum absolute atomic E-state index is 9.82. The number of hydrogen-bond acceptors (Lipinski definition) is 4. The molecule has 2 rings (SSSR count). The van der Waals surface area contributed by atoms with Crippen molar-refractivity contribution < 1.29 is 19.7 Å². The third kappa shape index (κ3) is 7.00. The summed E-state index contributed by atoms with van der Waals surface area (Å²) in [5, 5.41) is 19.0. The molecule has 0 aliphatic carbocycles. The van der Waals surface area contributed by atoms with Crippen LogP contribution in [0.1, 0.15) is 44.6 Å². The van der Waals surface area contributed by atoms with Gasteiger partial charge in [0.15, 0.2) is 0 Å². The van der Waals surface area contributed by atoms with Crippen LogP contribution in [0, 0.1) is 5.92 Å². The second-order valence-electron chi connectivity index (χ2n) is 6.70. The molecule has 0 spiro atoms. The quantitative estimate of drug-likeness (QED) is 0.686. The largest absolute Gasteiger partial charge is 0.394 e. The van der Waals surface area contributed by atoms with Crippen LogP contribution >= 0.6 is 0 Å². The Kier molecular flexibility index (Phi) is 8.03. The number of benzene rings is 1. The van der Waals surface area contributed by atoms with Gasteiger partial charge in [0.1, 0.15) is 0 Å². The topological polar surface area (TPSA) is 58.9 Å². The smallest absolute Gasteiger partial charge is 0.0834 e. The van der Waals surface area contributed by atoms with Gasteiger partial charge < -0.3 is 19.7 Å². The lowest BCUT2D eigenvalue weighted by Crippen LogP contribution is -2.37. The van der Waals surface area contributed by atoms with E-state index in [0.29, 0.717) is 25.4 Å². The molecule has 1 aromatic carbocycles. The molecule has 4 atom stereocenters. The highest BCUT2D eigenvalue weighted by atomic mass is 16.5. The minimum absolute atomic E-state index is 0.00353. The Balaban J connectivity index is 1.57. The van der Waals surface area contributed by atoms with E-state index < -0.39 is 0 Å². The van der Waals surface area contributed by atoms with E-state index in [1.54, 1.807) is 0 Å². The first-order chi connectivity index (χ1) is 11.2. The van der Waals surface area contributed by atoms with Crippen molar-refractivity contribution in [3.8, 4) is 0 Å². The van der Waals surface area contributed by atoms with Crippen LogP contribution in [0.5, 0.6) is 0 Å². The number of ether oxygens (including phenoxy) is 2. The summed E-state index contributed by atoms with van der Waals surface area (Å²) >= 11 is 0. The molecule has 2 N–H and O–H groups in total. The summed E-state index contributed by atoms with van der Waals surface area (Å²) in [5.74, 6) is 0.570. The summed E-state index contributed by atoms with van der Waals surface area (Å²) in [6.07, 6.45) is 3.81. The van der Waals surface area contributed by atoms with Gasteiger partial charge in [-0.25, -0.2) is 0 Å². The van der Waals surface area contributed by atoms with Crippen molar-refractivity contribution in [2.24, 2.45) is 5.92 Å². The molecule has 1 aromatic rings. The lowest BCUT2D eigenvalue weighted by molar-refractivity contribution is -0.115. The highest BCUT2D eigenvalue weighted by molar-refractivity contribution is 5.13. The van der Waals surface area contributed by atoms with E-state index in [2.05, 4.69) is 19.1 Å². The van der Waals surface area contributed by atoms with Gasteiger partial charge in [0, 0.05) is 13.0 Å². The fourth-order valence-corrected chi connectivity index (χ4v) is 3.05. The van der Waals surface area contributed by atoms with Gasteiger partial charge >= 0.3 is 0 Å². The number of aliphatic hydroxyl groups excluding tert-OH is 2. The zero-order chi connectivity index (χ0) is 16.5. The van der Waals surface area contributed by atoms with Crippen LogP contribution in [0.4, 0.5) is 0 Å². The molecule has 23 heavy (non-hydrogen) atoms. The predicted octanol–water partition coefficient (Wildman–Crippen LogP) is 2.91. The van der Waals surface area contributed by atoms with Crippen molar-refractivity contribution in [1.29, 1.82) is 0 Å². The summed E-state index contributed by atoms with van der Waals surface area (Å²) < 4.78 is 11.5. The van der Waals surface area contributed by atoms with Crippen molar-refractivity contribution in [3.05, 3.63) is 35.9 Å². The Hall–Kier alpha value is -0.940. The molecule has 4 heteroatoms. The van der Waals surface area contributed by atoms with Gasteiger partial charge in [-0.2, -0.15) is 0 Å². The van der Waals surface area contributed by atoms with Crippen molar-refractivity contribution in [3.63, 3.8) is 0 Å². The molecule has 1 aliphatic rings. The average molecular weight is 322 g/mol. The standard InChI is InChI=1S/C19H30O4/c1-15(9-10-22-14-16-5-3-2-4-6-16)7-8-18-11-17(21)12-19(13-20)23-18/h2-6,15,17-21H,7-14H2,1H3/t15-,17-,18?,19+/m1/s1. The summed E-state index contributed by atoms with van der Waals surface area (Å²) in [6.45, 7) is 3.66. The normalized spacial score (nSPS) is 26.1. The Morgan fingerprint density at radius 1 is 1.17 bits per heavy atom. The van der Waals surface area contributed by atoms with E-state index in [1.807, 2.05) is 18.2 Å². The Morgan fingerprint density at radius 2 is 1.91 bits per heavy atom. The van der Waals surface area contributed by atoms with Gasteiger partial charge in [-0.3, -0.25) is 0 Å². The van der Waals surface area contributed by atoms with E-state index in [4.69, 9.17) is 9.47 Å². The molecular weight excluding hydrogens is 292 g/mol. The van der Waals surface area contributed by atoms with E-state index in [0.717, 1.165) is 25.9 Å². The fourth-order valence-electron chi connectivity index (χ4n) is 3.05. The zero-order valence-electron chi connectivity index (χ0n) is 14.1. The Labute approximate surface area is 139 Å². The molecule has 1 saturated heterocycles. The van der Waals surface area contributed by atoms with Crippen LogP contribution in [0.25, 0.3) is 0 Å². The van der Waals surface area contributed by atoms with Crippen LogP contribution in [0.15, 0.2) is 30.3 Å². The third-order valence-electron chi connectivity index (χ3n) is 4.51. The first-order valence-electron chi connectivity index (χ1n) is 8.73. The molecule has 0 bridgehead atoms. The summed E-state index contributed by atoms with van der Waals surface area (Å²) in [6, 6.07) is 10.2. The fraction of sp³-hybridized carbons (Fsp3) is 0.684. The lowest BCUT2D eigenvalue weighted by atomic mass is 9.94. The molecule has 1 aliphatic heterocycles.